The highest BCUT2D eigenvalue weighted by molar-refractivity contribution is 7.15. The quantitative estimate of drug-likeness (QED) is 0.850. The molecule has 2 aromatic rings. The molecule has 0 atom stereocenters. The van der Waals surface area contributed by atoms with Crippen LogP contribution in [-0.2, 0) is 12.7 Å². The summed E-state index contributed by atoms with van der Waals surface area (Å²) >= 11 is 12.6. The van der Waals surface area contributed by atoms with E-state index in [9.17, 15) is 13.2 Å². The van der Waals surface area contributed by atoms with E-state index >= 15 is 0 Å². The molecule has 1 N–H and O–H groups in total. The number of aromatic nitrogens is 1. The van der Waals surface area contributed by atoms with E-state index in [0.29, 0.717) is 9.34 Å². The molecule has 2 rings (SSSR count). The maximum absolute atomic E-state index is 12.6. The molecule has 0 aliphatic carbocycles. The molecule has 1 aromatic heterocycles. The lowest BCUT2D eigenvalue weighted by Crippen LogP contribution is -2.06. The van der Waals surface area contributed by atoms with Crippen molar-refractivity contribution >= 4 is 40.2 Å². The third-order valence-electron chi connectivity index (χ3n) is 2.19. The average Bonchev–Trinajstić information content (AvgIpc) is 2.71. The molecule has 0 spiro atoms. The van der Waals surface area contributed by atoms with Crippen LogP contribution in [-0.4, -0.2) is 4.98 Å². The van der Waals surface area contributed by atoms with Crippen LogP contribution in [0.25, 0.3) is 0 Å². The van der Waals surface area contributed by atoms with Crippen LogP contribution in [0.5, 0.6) is 0 Å². The predicted octanol–water partition coefficient (Wildman–Crippen LogP) is 5.08. The zero-order valence-electron chi connectivity index (χ0n) is 9.26. The van der Waals surface area contributed by atoms with Crippen LogP contribution in [0.15, 0.2) is 24.4 Å². The van der Waals surface area contributed by atoms with Crippen molar-refractivity contribution in [2.24, 2.45) is 0 Å². The summed E-state index contributed by atoms with van der Waals surface area (Å²) in [5.41, 5.74) is -0.509. The highest BCUT2D eigenvalue weighted by Gasteiger charge is 2.31. The minimum atomic E-state index is -4.42. The van der Waals surface area contributed by atoms with Crippen molar-refractivity contribution in [3.05, 3.63) is 44.3 Å². The second kappa shape index (κ2) is 5.56. The van der Waals surface area contributed by atoms with Gasteiger partial charge in [-0.25, -0.2) is 4.98 Å². The number of thiazole rings is 1. The van der Waals surface area contributed by atoms with Gasteiger partial charge < -0.3 is 5.32 Å². The highest BCUT2D eigenvalue weighted by Crippen LogP contribution is 2.33. The zero-order chi connectivity index (χ0) is 14.0. The Morgan fingerprint density at radius 2 is 1.95 bits per heavy atom. The normalized spacial score (nSPS) is 11.6. The van der Waals surface area contributed by atoms with E-state index in [0.717, 1.165) is 12.1 Å². The van der Waals surface area contributed by atoms with Crippen LogP contribution in [0.4, 0.5) is 18.9 Å². The van der Waals surface area contributed by atoms with Crippen LogP contribution < -0.4 is 5.32 Å². The van der Waals surface area contributed by atoms with Gasteiger partial charge in [-0.15, -0.1) is 11.3 Å². The van der Waals surface area contributed by atoms with Gasteiger partial charge in [0.05, 0.1) is 18.3 Å². The molecule has 0 unspecified atom stereocenters. The van der Waals surface area contributed by atoms with E-state index in [4.69, 9.17) is 23.2 Å². The summed E-state index contributed by atoms with van der Waals surface area (Å²) in [4.78, 5) is 3.99. The smallest absolute Gasteiger partial charge is 0.378 e. The van der Waals surface area contributed by atoms with Crippen molar-refractivity contribution in [1.29, 1.82) is 0 Å². The summed E-state index contributed by atoms with van der Waals surface area (Å²) in [6, 6.07) is 3.31. The number of rotatable bonds is 3. The second-order valence-electron chi connectivity index (χ2n) is 3.64. The summed E-state index contributed by atoms with van der Waals surface area (Å²) in [5, 5.41) is 3.53. The number of nitrogens with zero attached hydrogens (tertiary/aromatic N) is 1. The van der Waals surface area contributed by atoms with Gasteiger partial charge in [0, 0.05) is 10.7 Å². The highest BCUT2D eigenvalue weighted by atomic mass is 35.5. The number of hydrogen-bond donors (Lipinski definition) is 1. The molecule has 0 saturated carbocycles. The van der Waals surface area contributed by atoms with Crippen LogP contribution in [0.1, 0.15) is 10.6 Å². The summed E-state index contributed by atoms with van der Waals surface area (Å²) in [5.74, 6) is 0. The average molecular weight is 327 g/mol. The maximum atomic E-state index is 12.6. The first-order chi connectivity index (χ1) is 8.84. The van der Waals surface area contributed by atoms with Gasteiger partial charge in [0.2, 0.25) is 0 Å². The molecule has 8 heteroatoms. The van der Waals surface area contributed by atoms with E-state index in [-0.39, 0.29) is 17.3 Å². The molecular formula is C11H7Cl2F3N2S. The van der Waals surface area contributed by atoms with Crippen molar-refractivity contribution in [3.8, 4) is 0 Å². The number of alkyl halides is 3. The van der Waals surface area contributed by atoms with Crippen molar-refractivity contribution in [2.75, 3.05) is 5.32 Å². The van der Waals surface area contributed by atoms with Gasteiger partial charge in [-0.3, -0.25) is 0 Å². The summed E-state index contributed by atoms with van der Waals surface area (Å²) in [6.45, 7) is 0.287. The Bertz CT molecular complexity index is 584. The monoisotopic (exact) mass is 326 g/mol. The van der Waals surface area contributed by atoms with Gasteiger partial charge in [-0.2, -0.15) is 13.2 Å². The molecule has 0 aliphatic heterocycles. The fraction of sp³-hybridized carbons (Fsp3) is 0.182. The number of nitrogens with one attached hydrogen (secondary N) is 1. The van der Waals surface area contributed by atoms with Gasteiger partial charge in [0.15, 0.2) is 0 Å². The molecule has 0 aliphatic rings. The standard InChI is InChI=1S/C11H7Cl2F3N2S/c12-7-1-6(11(14,15)16)2-8(3-7)17-5-10-18-4-9(13)19-10/h1-4,17H,5H2. The van der Waals surface area contributed by atoms with Crippen LogP contribution in [0, 0.1) is 0 Å². The van der Waals surface area contributed by atoms with Gasteiger partial charge in [-0.1, -0.05) is 23.2 Å². The van der Waals surface area contributed by atoms with E-state index in [2.05, 4.69) is 10.3 Å². The molecule has 19 heavy (non-hydrogen) atoms. The number of benzene rings is 1. The van der Waals surface area contributed by atoms with Gasteiger partial charge in [-0.05, 0) is 18.2 Å². The van der Waals surface area contributed by atoms with E-state index in [1.807, 2.05) is 0 Å². The maximum Gasteiger partial charge on any atom is 0.416 e. The molecule has 2 nitrogen and oxygen atoms in total. The molecule has 102 valence electrons. The molecule has 0 fully saturated rings. The topological polar surface area (TPSA) is 24.9 Å². The number of hydrogen-bond acceptors (Lipinski definition) is 3. The van der Waals surface area contributed by atoms with Crippen molar-refractivity contribution in [1.82, 2.24) is 4.98 Å². The van der Waals surface area contributed by atoms with Gasteiger partial charge in [0.25, 0.3) is 0 Å². The van der Waals surface area contributed by atoms with Crippen LogP contribution >= 0.6 is 34.5 Å². The lowest BCUT2D eigenvalue weighted by atomic mass is 10.2. The molecule has 1 heterocycles. The molecule has 0 radical (unpaired) electrons. The summed E-state index contributed by atoms with van der Waals surface area (Å²) in [7, 11) is 0. The Kier molecular flexibility index (Phi) is 4.23. The Hall–Kier alpha value is -0.980. The fourth-order valence-corrected chi connectivity index (χ4v) is 2.53. The number of anilines is 1. The summed E-state index contributed by atoms with van der Waals surface area (Å²) in [6.07, 6.45) is -2.94. The Morgan fingerprint density at radius 3 is 2.53 bits per heavy atom. The fourth-order valence-electron chi connectivity index (χ4n) is 1.40. The van der Waals surface area contributed by atoms with Gasteiger partial charge >= 0.3 is 6.18 Å². The van der Waals surface area contributed by atoms with E-state index < -0.39 is 11.7 Å². The van der Waals surface area contributed by atoms with Crippen molar-refractivity contribution in [3.63, 3.8) is 0 Å². The zero-order valence-corrected chi connectivity index (χ0v) is 11.6. The minimum Gasteiger partial charge on any atom is -0.378 e. The molecular weight excluding hydrogens is 320 g/mol. The van der Waals surface area contributed by atoms with Crippen molar-refractivity contribution in [2.45, 2.75) is 12.7 Å². The predicted molar refractivity (Wildman–Crippen MR) is 70.9 cm³/mol. The SMILES string of the molecule is FC(F)(F)c1cc(Cl)cc(NCc2ncc(Cl)s2)c1. The Morgan fingerprint density at radius 1 is 1.21 bits per heavy atom. The molecule has 0 saturated heterocycles. The first-order valence-electron chi connectivity index (χ1n) is 5.06. The number of halogens is 5. The van der Waals surface area contributed by atoms with Crippen LogP contribution in [0.2, 0.25) is 9.36 Å². The second-order valence-corrected chi connectivity index (χ2v) is 5.82. The van der Waals surface area contributed by atoms with E-state index in [1.54, 1.807) is 0 Å². The molecule has 0 bridgehead atoms. The first kappa shape index (κ1) is 14.4. The minimum absolute atomic E-state index is 0.0227. The summed E-state index contributed by atoms with van der Waals surface area (Å²) < 4.78 is 38.3. The first-order valence-corrected chi connectivity index (χ1v) is 6.64. The van der Waals surface area contributed by atoms with Crippen LogP contribution in [0.3, 0.4) is 0 Å². The molecule has 1 aromatic carbocycles. The lowest BCUT2D eigenvalue weighted by Gasteiger charge is -2.10. The lowest BCUT2D eigenvalue weighted by molar-refractivity contribution is -0.137. The Balaban J connectivity index is 2.14. The largest absolute Gasteiger partial charge is 0.416 e. The third kappa shape index (κ3) is 3.99. The van der Waals surface area contributed by atoms with E-state index in [1.165, 1.54) is 23.6 Å². The van der Waals surface area contributed by atoms with Crippen molar-refractivity contribution < 1.29 is 13.2 Å². The van der Waals surface area contributed by atoms with Gasteiger partial charge in [0.1, 0.15) is 9.34 Å². The molecule has 0 amide bonds. The third-order valence-corrected chi connectivity index (χ3v) is 3.53. The Labute approximate surface area is 121 Å².